The second kappa shape index (κ2) is 3.48. The minimum Gasteiger partial charge on any atom is -0.457 e. The lowest BCUT2D eigenvalue weighted by molar-refractivity contribution is 0.273. The lowest BCUT2D eigenvalue weighted by atomic mass is 10.1. The minimum absolute atomic E-state index is 0.0993. The van der Waals surface area contributed by atoms with Crippen LogP contribution in [0.15, 0.2) is 16.5 Å². The highest BCUT2D eigenvalue weighted by Crippen LogP contribution is 2.29. The molecule has 82 valence electrons. The van der Waals surface area contributed by atoms with E-state index in [0.717, 1.165) is 6.26 Å². The Morgan fingerprint density at radius 1 is 1.33 bits per heavy atom. The lowest BCUT2D eigenvalue weighted by Gasteiger charge is -2.02. The van der Waals surface area contributed by atoms with Crippen LogP contribution in [0.2, 0.25) is 0 Å². The fraction of sp³-hybridized carbons (Fsp3) is 0.333. The molecule has 0 radical (unpaired) electrons. The van der Waals surface area contributed by atoms with Crippen molar-refractivity contribution in [2.75, 3.05) is 6.26 Å². The van der Waals surface area contributed by atoms with Gasteiger partial charge in [0.1, 0.15) is 11.2 Å². The van der Waals surface area contributed by atoms with E-state index in [1.807, 2.05) is 0 Å². The molecule has 0 unspecified atom stereocenters. The lowest BCUT2D eigenvalue weighted by Crippen LogP contribution is -2.04. The van der Waals surface area contributed by atoms with Gasteiger partial charge in [0.15, 0.2) is 0 Å². The summed E-state index contributed by atoms with van der Waals surface area (Å²) in [6, 6.07) is 3.44. The van der Waals surface area contributed by atoms with Gasteiger partial charge in [-0.05, 0) is 12.1 Å². The second-order valence-electron chi connectivity index (χ2n) is 3.25. The molecule has 0 saturated heterocycles. The average molecular weight is 230 g/mol. The first kappa shape index (κ1) is 10.4. The van der Waals surface area contributed by atoms with Gasteiger partial charge in [0, 0.05) is 11.1 Å². The molecule has 2 heterocycles. The van der Waals surface area contributed by atoms with Crippen molar-refractivity contribution in [2.45, 2.75) is 13.2 Å². The third kappa shape index (κ3) is 1.97. The van der Waals surface area contributed by atoms with Gasteiger partial charge in [0.25, 0.3) is 10.1 Å². The van der Waals surface area contributed by atoms with E-state index in [9.17, 15) is 8.42 Å². The smallest absolute Gasteiger partial charge is 0.264 e. The van der Waals surface area contributed by atoms with Crippen molar-refractivity contribution in [3.63, 3.8) is 0 Å². The second-order valence-corrected chi connectivity index (χ2v) is 4.89. The van der Waals surface area contributed by atoms with Crippen molar-refractivity contribution >= 4 is 21.3 Å². The van der Waals surface area contributed by atoms with Gasteiger partial charge in [-0.1, -0.05) is 0 Å². The van der Waals surface area contributed by atoms with Crippen molar-refractivity contribution in [3.05, 3.63) is 23.3 Å². The van der Waals surface area contributed by atoms with Crippen LogP contribution >= 0.6 is 0 Å². The third-order valence-corrected chi connectivity index (χ3v) is 2.69. The molecule has 0 atom stereocenters. The van der Waals surface area contributed by atoms with Gasteiger partial charge in [-0.2, -0.15) is 8.42 Å². The molecular formula is C9H10O5S. The Hall–Kier alpha value is -1.11. The van der Waals surface area contributed by atoms with E-state index in [1.165, 1.54) is 0 Å². The van der Waals surface area contributed by atoms with Crippen molar-refractivity contribution in [2.24, 2.45) is 0 Å². The highest BCUT2D eigenvalue weighted by atomic mass is 32.2. The Morgan fingerprint density at radius 2 is 1.93 bits per heavy atom. The summed E-state index contributed by atoms with van der Waals surface area (Å²) < 4.78 is 31.5. The summed E-state index contributed by atoms with van der Waals surface area (Å²) in [6.45, 7) is -0.288. The van der Waals surface area contributed by atoms with E-state index in [2.05, 4.69) is 4.18 Å². The van der Waals surface area contributed by atoms with E-state index in [0.29, 0.717) is 22.3 Å². The van der Waals surface area contributed by atoms with Crippen molar-refractivity contribution < 1.29 is 22.1 Å². The average Bonchev–Trinajstić information content (AvgIpc) is 2.71. The number of rotatable bonds is 4. The summed E-state index contributed by atoms with van der Waals surface area (Å²) in [5.41, 5.74) is 2.31. The molecule has 0 aliphatic rings. The first-order valence-corrected chi connectivity index (χ1v) is 6.11. The molecule has 0 saturated carbocycles. The minimum atomic E-state index is -3.48. The Balaban J connectivity index is 2.29. The van der Waals surface area contributed by atoms with Gasteiger partial charge in [-0.3, -0.25) is 4.18 Å². The van der Waals surface area contributed by atoms with E-state index in [1.54, 1.807) is 12.1 Å². The third-order valence-electron chi connectivity index (χ3n) is 2.14. The summed E-state index contributed by atoms with van der Waals surface area (Å²) in [5.74, 6) is 0. The molecule has 2 rings (SSSR count). The predicted octanol–water partition coefficient (Wildman–Crippen LogP) is 0.839. The maximum atomic E-state index is 10.8. The number of furan rings is 2. The topological polar surface area (TPSA) is 76.7 Å². The fourth-order valence-corrected chi connectivity index (χ4v) is 1.79. The quantitative estimate of drug-likeness (QED) is 0.787. The SMILES string of the molecule is CS(=O)(=O)OCc1c(CO)c2ccc1o2. The maximum Gasteiger partial charge on any atom is 0.264 e. The number of aliphatic hydroxyl groups excluding tert-OH is 1. The van der Waals surface area contributed by atoms with Crippen LogP contribution in [0.4, 0.5) is 0 Å². The molecule has 2 aromatic rings. The monoisotopic (exact) mass is 230 g/mol. The van der Waals surface area contributed by atoms with Crippen LogP contribution in [0.1, 0.15) is 11.1 Å². The van der Waals surface area contributed by atoms with Crippen LogP contribution in [0, 0.1) is 0 Å². The Kier molecular flexibility index (Phi) is 2.41. The van der Waals surface area contributed by atoms with Gasteiger partial charge >= 0.3 is 0 Å². The molecule has 15 heavy (non-hydrogen) atoms. The van der Waals surface area contributed by atoms with Crippen LogP contribution in [0.25, 0.3) is 11.2 Å². The Labute approximate surface area is 86.7 Å². The summed E-state index contributed by atoms with van der Waals surface area (Å²) in [7, 11) is -3.48. The number of benzene rings is 1. The van der Waals surface area contributed by atoms with Gasteiger partial charge in [0.05, 0.1) is 19.5 Å². The maximum absolute atomic E-state index is 10.8. The van der Waals surface area contributed by atoms with E-state index >= 15 is 0 Å². The highest BCUT2D eigenvalue weighted by Gasteiger charge is 2.17. The van der Waals surface area contributed by atoms with Crippen molar-refractivity contribution in [1.82, 2.24) is 0 Å². The fourth-order valence-electron chi connectivity index (χ4n) is 1.46. The largest absolute Gasteiger partial charge is 0.457 e. The zero-order valence-electron chi connectivity index (χ0n) is 8.06. The van der Waals surface area contributed by atoms with Gasteiger partial charge in [-0.15, -0.1) is 0 Å². The number of hydrogen-bond acceptors (Lipinski definition) is 5. The molecule has 0 amide bonds. The van der Waals surface area contributed by atoms with Gasteiger partial charge < -0.3 is 9.52 Å². The molecule has 0 aromatic carbocycles. The first-order chi connectivity index (χ1) is 7.01. The van der Waals surface area contributed by atoms with Crippen LogP contribution < -0.4 is 0 Å². The molecule has 2 aromatic heterocycles. The summed E-state index contributed by atoms with van der Waals surface area (Å²) in [4.78, 5) is 0. The zero-order chi connectivity index (χ0) is 11.1. The predicted molar refractivity (Wildman–Crippen MR) is 53.0 cm³/mol. The van der Waals surface area contributed by atoms with E-state index in [4.69, 9.17) is 9.52 Å². The van der Waals surface area contributed by atoms with E-state index < -0.39 is 10.1 Å². The van der Waals surface area contributed by atoms with Gasteiger partial charge in [0.2, 0.25) is 0 Å². The van der Waals surface area contributed by atoms with Crippen LogP contribution in [0.3, 0.4) is 0 Å². The van der Waals surface area contributed by atoms with Gasteiger partial charge in [-0.25, -0.2) is 0 Å². The first-order valence-electron chi connectivity index (χ1n) is 4.29. The molecule has 0 aliphatic carbocycles. The zero-order valence-corrected chi connectivity index (χ0v) is 8.87. The molecule has 1 N–H and O–H groups in total. The number of aliphatic hydroxyl groups is 1. The molecule has 0 fully saturated rings. The number of fused-ring (bicyclic) bond motifs is 2. The van der Waals surface area contributed by atoms with Crippen LogP contribution in [0.5, 0.6) is 0 Å². The van der Waals surface area contributed by atoms with Crippen LogP contribution in [-0.4, -0.2) is 19.8 Å². The summed E-state index contributed by atoms with van der Waals surface area (Å²) in [5, 5.41) is 9.08. The molecule has 2 bridgehead atoms. The Morgan fingerprint density at radius 3 is 2.47 bits per heavy atom. The normalized spacial score (nSPS) is 12.7. The van der Waals surface area contributed by atoms with Crippen molar-refractivity contribution in [3.8, 4) is 0 Å². The number of hydrogen-bond donors (Lipinski definition) is 1. The molecule has 0 aliphatic heterocycles. The standard InChI is InChI=1S/C9H10O5S/c1-15(11,12)13-5-7-6(4-10)8-2-3-9(7)14-8/h2-3,10H,4-5H2,1H3. The Bertz CT molecular complexity index is 554. The van der Waals surface area contributed by atoms with Crippen LogP contribution in [-0.2, 0) is 27.5 Å². The molecule has 6 heteroatoms. The molecule has 0 spiro atoms. The summed E-state index contributed by atoms with van der Waals surface area (Å²) >= 11 is 0. The molecule has 5 nitrogen and oxygen atoms in total. The highest BCUT2D eigenvalue weighted by molar-refractivity contribution is 7.85. The van der Waals surface area contributed by atoms with E-state index in [-0.39, 0.29) is 13.2 Å². The summed E-state index contributed by atoms with van der Waals surface area (Å²) in [6.07, 6.45) is 0.980. The molecular weight excluding hydrogens is 220 g/mol. The van der Waals surface area contributed by atoms with Crippen molar-refractivity contribution in [1.29, 1.82) is 0 Å².